The van der Waals surface area contributed by atoms with Gasteiger partial charge in [0.15, 0.2) is 5.82 Å². The topological polar surface area (TPSA) is 68.2 Å². The summed E-state index contributed by atoms with van der Waals surface area (Å²) in [6.07, 6.45) is 10.8. The number of halogens is 2. The van der Waals surface area contributed by atoms with Gasteiger partial charge in [0.2, 0.25) is 5.91 Å². The van der Waals surface area contributed by atoms with Crippen molar-refractivity contribution in [3.8, 4) is 11.4 Å². The number of rotatable bonds is 5. The zero-order valence-corrected chi connectivity index (χ0v) is 22.2. The number of benzene rings is 2. The number of hydrogen-bond acceptors (Lipinski definition) is 5. The first-order valence-electron chi connectivity index (χ1n) is 12.4. The molecule has 0 bridgehead atoms. The molecular formula is C30H24Cl2N4O2. The first-order chi connectivity index (χ1) is 18.5. The van der Waals surface area contributed by atoms with Gasteiger partial charge in [-0.05, 0) is 53.1 Å². The molecule has 38 heavy (non-hydrogen) atoms. The fraction of sp³-hybridized carbons (Fsp3) is 0.200. The van der Waals surface area contributed by atoms with Crippen LogP contribution in [0, 0.1) is 0 Å². The third kappa shape index (κ3) is 4.71. The predicted molar refractivity (Wildman–Crippen MR) is 151 cm³/mol. The average Bonchev–Trinajstić information content (AvgIpc) is 3.35. The Balaban J connectivity index is 1.45. The number of carbonyl (C=O) groups is 1. The number of amides is 1. The van der Waals surface area contributed by atoms with Gasteiger partial charge in [0.05, 0.1) is 21.7 Å². The predicted octanol–water partition coefficient (Wildman–Crippen LogP) is 6.88. The van der Waals surface area contributed by atoms with Crippen LogP contribution < -0.4 is 4.90 Å². The van der Waals surface area contributed by atoms with E-state index in [0.29, 0.717) is 34.7 Å². The van der Waals surface area contributed by atoms with Crippen molar-refractivity contribution >= 4 is 51.4 Å². The van der Waals surface area contributed by atoms with Crippen molar-refractivity contribution in [2.24, 2.45) is 0 Å². The number of carbonyl (C=O) groups excluding carboxylic acids is 1. The molecule has 0 saturated carbocycles. The molecule has 1 saturated heterocycles. The third-order valence-electron chi connectivity index (χ3n) is 7.11. The second-order valence-electron chi connectivity index (χ2n) is 9.48. The maximum Gasteiger partial charge on any atom is 0.228 e. The zero-order valence-electron chi connectivity index (χ0n) is 20.6. The molecule has 1 aliphatic carbocycles. The Morgan fingerprint density at radius 1 is 1.00 bits per heavy atom. The van der Waals surface area contributed by atoms with E-state index in [1.807, 2.05) is 42.5 Å². The standard InChI is InChI=1S/C30H24Cl2N4O2/c1-38-23-6-2-4-18(12-23)19-8-10-27-24(13-19)30(35-29(34-27)21-5-3-11-33-16-21)36-17-22(15-28(36)37)20-7-9-25(31)26(32)14-20/h2-11,13-14,16,22-23H,12,15,17H2,1H3. The number of fused-ring (bicyclic) bond motifs is 1. The zero-order chi connectivity index (χ0) is 26.2. The fourth-order valence-electron chi connectivity index (χ4n) is 5.07. The second kappa shape index (κ2) is 10.3. The quantitative estimate of drug-likeness (QED) is 0.275. The summed E-state index contributed by atoms with van der Waals surface area (Å²) >= 11 is 12.4. The number of ether oxygens (including phenoxy) is 1. The minimum atomic E-state index is -0.0269. The van der Waals surface area contributed by atoms with E-state index in [-0.39, 0.29) is 17.9 Å². The second-order valence-corrected chi connectivity index (χ2v) is 10.3. The Morgan fingerprint density at radius 2 is 1.89 bits per heavy atom. The van der Waals surface area contributed by atoms with Crippen molar-refractivity contribution in [1.82, 2.24) is 15.0 Å². The molecule has 0 spiro atoms. The summed E-state index contributed by atoms with van der Waals surface area (Å²) in [6, 6.07) is 15.5. The maximum atomic E-state index is 13.4. The van der Waals surface area contributed by atoms with E-state index in [2.05, 4.69) is 23.2 Å². The lowest BCUT2D eigenvalue weighted by Gasteiger charge is -2.21. The van der Waals surface area contributed by atoms with Crippen LogP contribution in [0.5, 0.6) is 0 Å². The van der Waals surface area contributed by atoms with Gasteiger partial charge in [-0.1, -0.05) is 53.6 Å². The molecule has 2 atom stereocenters. The van der Waals surface area contributed by atoms with Crippen molar-refractivity contribution in [3.05, 3.63) is 100 Å². The molecule has 0 radical (unpaired) electrons. The average molecular weight is 543 g/mol. The Bertz CT molecular complexity index is 1600. The summed E-state index contributed by atoms with van der Waals surface area (Å²) in [5.74, 6) is 1.10. The van der Waals surface area contributed by atoms with E-state index in [0.717, 1.165) is 39.6 Å². The number of aromatic nitrogens is 3. The molecule has 1 fully saturated rings. The minimum absolute atomic E-state index is 0.00266. The summed E-state index contributed by atoms with van der Waals surface area (Å²) in [7, 11) is 1.72. The highest BCUT2D eigenvalue weighted by atomic mass is 35.5. The van der Waals surface area contributed by atoms with Crippen LogP contribution in [0.1, 0.15) is 29.9 Å². The van der Waals surface area contributed by atoms with Crippen LogP contribution in [0.4, 0.5) is 5.82 Å². The summed E-state index contributed by atoms with van der Waals surface area (Å²) in [4.78, 5) is 29.2. The largest absolute Gasteiger partial charge is 0.377 e. The third-order valence-corrected chi connectivity index (χ3v) is 7.85. The molecular weight excluding hydrogens is 519 g/mol. The Morgan fingerprint density at radius 3 is 2.68 bits per heavy atom. The van der Waals surface area contributed by atoms with Crippen LogP contribution in [0.2, 0.25) is 10.0 Å². The van der Waals surface area contributed by atoms with Crippen molar-refractivity contribution in [3.63, 3.8) is 0 Å². The molecule has 2 aromatic carbocycles. The van der Waals surface area contributed by atoms with Gasteiger partial charge in [0.25, 0.3) is 0 Å². The van der Waals surface area contributed by atoms with E-state index >= 15 is 0 Å². The number of anilines is 1. The van der Waals surface area contributed by atoms with Gasteiger partial charge in [-0.2, -0.15) is 0 Å². The lowest BCUT2D eigenvalue weighted by atomic mass is 9.94. The lowest BCUT2D eigenvalue weighted by Crippen LogP contribution is -2.26. The smallest absolute Gasteiger partial charge is 0.228 e. The van der Waals surface area contributed by atoms with Crippen LogP contribution in [0.15, 0.2) is 79.2 Å². The van der Waals surface area contributed by atoms with Gasteiger partial charge in [-0.3, -0.25) is 14.7 Å². The number of allylic oxidation sites excluding steroid dienone is 2. The van der Waals surface area contributed by atoms with Crippen molar-refractivity contribution in [1.29, 1.82) is 0 Å². The van der Waals surface area contributed by atoms with Gasteiger partial charge in [0, 0.05) is 55.8 Å². The molecule has 2 unspecified atom stereocenters. The molecule has 0 N–H and O–H groups in total. The highest BCUT2D eigenvalue weighted by Crippen LogP contribution is 2.38. The van der Waals surface area contributed by atoms with Crippen LogP contribution in [0.25, 0.3) is 27.9 Å². The molecule has 2 aromatic heterocycles. The lowest BCUT2D eigenvalue weighted by molar-refractivity contribution is -0.117. The molecule has 1 aliphatic heterocycles. The minimum Gasteiger partial charge on any atom is -0.377 e. The SMILES string of the molecule is COC1C=CC=C(c2ccc3nc(-c4cccnc4)nc(N4CC(c5ccc(Cl)c(Cl)c5)CC4=O)c3c2)C1. The van der Waals surface area contributed by atoms with E-state index in [9.17, 15) is 4.79 Å². The molecule has 3 heterocycles. The van der Waals surface area contributed by atoms with E-state index < -0.39 is 0 Å². The summed E-state index contributed by atoms with van der Waals surface area (Å²) in [5.41, 5.74) is 4.74. The normalized spacial score (nSPS) is 19.3. The van der Waals surface area contributed by atoms with Gasteiger partial charge < -0.3 is 4.74 Å². The van der Waals surface area contributed by atoms with Gasteiger partial charge >= 0.3 is 0 Å². The number of nitrogens with zero attached hydrogens (tertiary/aromatic N) is 4. The van der Waals surface area contributed by atoms with Gasteiger partial charge in [-0.15, -0.1) is 0 Å². The number of hydrogen-bond donors (Lipinski definition) is 0. The monoisotopic (exact) mass is 542 g/mol. The Kier molecular flexibility index (Phi) is 6.70. The molecule has 4 aromatic rings. The first-order valence-corrected chi connectivity index (χ1v) is 13.1. The summed E-state index contributed by atoms with van der Waals surface area (Å²) < 4.78 is 5.55. The molecule has 6 nitrogen and oxygen atoms in total. The fourth-order valence-corrected chi connectivity index (χ4v) is 5.37. The van der Waals surface area contributed by atoms with Gasteiger partial charge in [-0.25, -0.2) is 9.97 Å². The van der Waals surface area contributed by atoms with Crippen molar-refractivity contribution < 1.29 is 9.53 Å². The molecule has 6 rings (SSSR count). The van der Waals surface area contributed by atoms with Crippen LogP contribution in [-0.4, -0.2) is 40.6 Å². The van der Waals surface area contributed by atoms with Crippen LogP contribution in [0.3, 0.4) is 0 Å². The van der Waals surface area contributed by atoms with E-state index in [1.54, 1.807) is 30.5 Å². The molecule has 1 amide bonds. The highest BCUT2D eigenvalue weighted by Gasteiger charge is 2.34. The van der Waals surface area contributed by atoms with Crippen LogP contribution in [-0.2, 0) is 9.53 Å². The van der Waals surface area contributed by atoms with Crippen molar-refractivity contribution in [2.45, 2.75) is 24.9 Å². The molecule has 190 valence electrons. The summed E-state index contributed by atoms with van der Waals surface area (Å²) in [6.45, 7) is 0.483. The van der Waals surface area contributed by atoms with E-state index in [1.165, 1.54) is 0 Å². The van der Waals surface area contributed by atoms with Gasteiger partial charge in [0.1, 0.15) is 5.82 Å². The first kappa shape index (κ1) is 24.7. The maximum absolute atomic E-state index is 13.4. The van der Waals surface area contributed by atoms with E-state index in [4.69, 9.17) is 37.9 Å². The van der Waals surface area contributed by atoms with Crippen LogP contribution >= 0.6 is 23.2 Å². The molecule has 2 aliphatic rings. The Hall–Kier alpha value is -3.58. The number of methoxy groups -OCH3 is 1. The van der Waals surface area contributed by atoms with Crippen molar-refractivity contribution in [2.75, 3.05) is 18.6 Å². The molecule has 8 heteroatoms. The highest BCUT2D eigenvalue weighted by molar-refractivity contribution is 6.42. The number of pyridine rings is 1. The summed E-state index contributed by atoms with van der Waals surface area (Å²) in [5, 5.41) is 1.80. The Labute approximate surface area is 230 Å².